The zero-order valence-electron chi connectivity index (χ0n) is 9.83. The molecule has 1 N–H and O–H groups in total. The molecule has 1 rings (SSSR count). The molecule has 0 aromatic rings. The van der Waals surface area contributed by atoms with Gasteiger partial charge < -0.3 is 5.32 Å². The van der Waals surface area contributed by atoms with Crippen LogP contribution < -0.4 is 5.32 Å². The molecule has 1 saturated heterocycles. The van der Waals surface area contributed by atoms with Crippen molar-refractivity contribution in [3.8, 4) is 0 Å². The van der Waals surface area contributed by atoms with Gasteiger partial charge in [-0.1, -0.05) is 34.6 Å². The summed E-state index contributed by atoms with van der Waals surface area (Å²) in [7, 11) is 0. The van der Waals surface area contributed by atoms with E-state index in [2.05, 4.69) is 39.9 Å². The molecule has 1 aliphatic rings. The summed E-state index contributed by atoms with van der Waals surface area (Å²) in [6.07, 6.45) is 2.55. The second-order valence-electron chi connectivity index (χ2n) is 6.15. The maximum atomic E-state index is 3.47. The van der Waals surface area contributed by atoms with Gasteiger partial charge in [-0.25, -0.2) is 0 Å². The number of nitrogens with one attached hydrogen (secondary N) is 1. The highest BCUT2D eigenvalue weighted by Crippen LogP contribution is 2.41. The Balaban J connectivity index is 2.56. The summed E-state index contributed by atoms with van der Waals surface area (Å²) in [4.78, 5) is 0. The van der Waals surface area contributed by atoms with E-state index < -0.39 is 0 Å². The van der Waals surface area contributed by atoms with Crippen LogP contribution in [0.5, 0.6) is 0 Å². The number of hydrogen-bond donors (Lipinski definition) is 1. The average Bonchev–Trinajstić information content (AvgIpc) is 1.91. The van der Waals surface area contributed by atoms with Crippen molar-refractivity contribution in [2.24, 2.45) is 10.8 Å². The maximum absolute atomic E-state index is 3.47. The van der Waals surface area contributed by atoms with Crippen LogP contribution in [0.15, 0.2) is 0 Å². The van der Waals surface area contributed by atoms with Crippen molar-refractivity contribution in [1.82, 2.24) is 5.32 Å². The predicted octanol–water partition coefficient (Wildman–Crippen LogP) is 3.02. The highest BCUT2D eigenvalue weighted by Gasteiger charge is 2.34. The third-order valence-corrected chi connectivity index (χ3v) is 2.87. The van der Waals surface area contributed by atoms with Crippen molar-refractivity contribution in [2.45, 2.75) is 47.5 Å². The van der Waals surface area contributed by atoms with Crippen LogP contribution in [0.1, 0.15) is 47.5 Å². The van der Waals surface area contributed by atoms with Gasteiger partial charge in [0.05, 0.1) is 0 Å². The van der Waals surface area contributed by atoms with E-state index >= 15 is 0 Å². The molecule has 0 unspecified atom stereocenters. The topological polar surface area (TPSA) is 12.0 Å². The minimum absolute atomic E-state index is 0.408. The normalized spacial score (nSPS) is 24.7. The van der Waals surface area contributed by atoms with Crippen LogP contribution in [0, 0.1) is 16.7 Å². The molecule has 0 bridgehead atoms. The van der Waals surface area contributed by atoms with Gasteiger partial charge in [-0.15, -0.1) is 0 Å². The van der Waals surface area contributed by atoms with Crippen molar-refractivity contribution >= 4 is 0 Å². The van der Waals surface area contributed by atoms with Gasteiger partial charge in [0, 0.05) is 6.54 Å². The van der Waals surface area contributed by atoms with E-state index in [4.69, 9.17) is 0 Å². The van der Waals surface area contributed by atoms with Gasteiger partial charge in [0.15, 0.2) is 0 Å². The Labute approximate surface area is 83.3 Å². The Kier molecular flexibility index (Phi) is 3.06. The van der Waals surface area contributed by atoms with Crippen LogP contribution in [0.4, 0.5) is 0 Å². The number of rotatable bonds is 1. The Morgan fingerprint density at radius 3 is 2.38 bits per heavy atom. The lowest BCUT2D eigenvalue weighted by Crippen LogP contribution is -2.42. The standard InChI is InChI=1S/C12H24N/c1-11(2,3)8-10-6-7-13-9-12(10,4)5/h13H,6-9H2,1-5H3. The summed E-state index contributed by atoms with van der Waals surface area (Å²) in [5.41, 5.74) is 0.857. The fourth-order valence-corrected chi connectivity index (χ4v) is 2.07. The molecule has 0 amide bonds. The van der Waals surface area contributed by atoms with E-state index in [0.29, 0.717) is 10.8 Å². The van der Waals surface area contributed by atoms with Crippen molar-refractivity contribution in [2.75, 3.05) is 13.1 Å². The molecule has 0 atom stereocenters. The number of piperidine rings is 1. The van der Waals surface area contributed by atoms with Crippen LogP contribution in [0.2, 0.25) is 0 Å². The molecule has 0 aromatic heterocycles. The molecule has 0 aliphatic carbocycles. The Bertz CT molecular complexity index is 164. The monoisotopic (exact) mass is 182 g/mol. The van der Waals surface area contributed by atoms with Crippen LogP contribution in [-0.4, -0.2) is 13.1 Å². The van der Waals surface area contributed by atoms with Gasteiger partial charge in [0.25, 0.3) is 0 Å². The molecule has 77 valence electrons. The fraction of sp³-hybridized carbons (Fsp3) is 0.917. The molecule has 1 heterocycles. The lowest BCUT2D eigenvalue weighted by Gasteiger charge is -2.41. The minimum atomic E-state index is 0.408. The van der Waals surface area contributed by atoms with Gasteiger partial charge in [0.1, 0.15) is 0 Å². The van der Waals surface area contributed by atoms with E-state index in [1.165, 1.54) is 19.4 Å². The zero-order valence-corrected chi connectivity index (χ0v) is 9.83. The van der Waals surface area contributed by atoms with Crippen LogP contribution in [-0.2, 0) is 0 Å². The predicted molar refractivity (Wildman–Crippen MR) is 58.6 cm³/mol. The second-order valence-corrected chi connectivity index (χ2v) is 6.15. The Morgan fingerprint density at radius 2 is 1.92 bits per heavy atom. The Morgan fingerprint density at radius 1 is 1.31 bits per heavy atom. The summed E-state index contributed by atoms with van der Waals surface area (Å²) in [5, 5.41) is 3.47. The lowest BCUT2D eigenvalue weighted by atomic mass is 9.68. The smallest absolute Gasteiger partial charge is 0.000806 e. The van der Waals surface area contributed by atoms with Crippen molar-refractivity contribution in [3.05, 3.63) is 5.92 Å². The molecule has 13 heavy (non-hydrogen) atoms. The van der Waals surface area contributed by atoms with E-state index in [-0.39, 0.29) is 0 Å². The van der Waals surface area contributed by atoms with E-state index in [0.717, 1.165) is 6.54 Å². The van der Waals surface area contributed by atoms with Crippen molar-refractivity contribution in [3.63, 3.8) is 0 Å². The average molecular weight is 182 g/mol. The van der Waals surface area contributed by atoms with Gasteiger partial charge in [-0.2, -0.15) is 0 Å². The summed E-state index contributed by atoms with van der Waals surface area (Å²) >= 11 is 0. The quantitative estimate of drug-likeness (QED) is 0.657. The first-order chi connectivity index (χ1) is 5.81. The first-order valence-electron chi connectivity index (χ1n) is 5.37. The maximum Gasteiger partial charge on any atom is 0.000806 e. The van der Waals surface area contributed by atoms with E-state index in [9.17, 15) is 0 Å². The van der Waals surface area contributed by atoms with Crippen LogP contribution in [0.25, 0.3) is 0 Å². The lowest BCUT2D eigenvalue weighted by molar-refractivity contribution is 0.240. The first kappa shape index (κ1) is 11.0. The minimum Gasteiger partial charge on any atom is -0.316 e. The molecule has 0 spiro atoms. The third-order valence-electron chi connectivity index (χ3n) is 2.87. The number of hydrogen-bond acceptors (Lipinski definition) is 1. The Hall–Kier alpha value is -0.0400. The van der Waals surface area contributed by atoms with Crippen molar-refractivity contribution < 1.29 is 0 Å². The SMILES string of the molecule is CC(C)(C)C[C]1CCNCC1(C)C. The third kappa shape index (κ3) is 3.30. The highest BCUT2D eigenvalue weighted by atomic mass is 14.9. The van der Waals surface area contributed by atoms with Gasteiger partial charge in [-0.3, -0.25) is 0 Å². The summed E-state index contributed by atoms with van der Waals surface area (Å²) in [6, 6.07) is 0. The molecule has 0 saturated carbocycles. The largest absolute Gasteiger partial charge is 0.316 e. The summed E-state index contributed by atoms with van der Waals surface area (Å²) < 4.78 is 0. The van der Waals surface area contributed by atoms with Crippen LogP contribution in [0.3, 0.4) is 0 Å². The van der Waals surface area contributed by atoms with Gasteiger partial charge in [-0.05, 0) is 36.1 Å². The summed E-state index contributed by atoms with van der Waals surface area (Å²) in [6.45, 7) is 14.0. The molecule has 1 nitrogen and oxygen atoms in total. The molecule has 1 aliphatic heterocycles. The van der Waals surface area contributed by atoms with Crippen LogP contribution >= 0.6 is 0 Å². The zero-order chi connectivity index (χ0) is 10.1. The van der Waals surface area contributed by atoms with Gasteiger partial charge >= 0.3 is 0 Å². The van der Waals surface area contributed by atoms with E-state index in [1.807, 2.05) is 0 Å². The van der Waals surface area contributed by atoms with Crippen molar-refractivity contribution in [1.29, 1.82) is 0 Å². The van der Waals surface area contributed by atoms with E-state index in [1.54, 1.807) is 5.92 Å². The molecular weight excluding hydrogens is 158 g/mol. The second kappa shape index (κ2) is 3.61. The van der Waals surface area contributed by atoms with Gasteiger partial charge in [0.2, 0.25) is 0 Å². The fourth-order valence-electron chi connectivity index (χ4n) is 2.07. The molecule has 1 fully saturated rings. The molecule has 1 radical (unpaired) electrons. The molecule has 0 aromatic carbocycles. The highest BCUT2D eigenvalue weighted by molar-refractivity contribution is 5.08. The molecular formula is C12H24N. The molecule has 1 heteroatoms. The first-order valence-corrected chi connectivity index (χ1v) is 5.37. The summed E-state index contributed by atoms with van der Waals surface area (Å²) in [5.74, 6) is 1.75.